The van der Waals surface area contributed by atoms with E-state index < -0.39 is 11.9 Å². The molecule has 90 valence electrons. The van der Waals surface area contributed by atoms with Gasteiger partial charge in [-0.25, -0.2) is 0 Å². The van der Waals surface area contributed by atoms with Crippen molar-refractivity contribution in [2.24, 2.45) is 17.8 Å². The third-order valence-electron chi connectivity index (χ3n) is 2.44. The first kappa shape index (κ1) is 14.7. The highest BCUT2D eigenvalue weighted by Crippen LogP contribution is 2.24. The van der Waals surface area contributed by atoms with Crippen molar-refractivity contribution in [1.29, 1.82) is 0 Å². The predicted molar refractivity (Wildman–Crippen MR) is 62.8 cm³/mol. The number of carbonyl (C=O) groups excluding carboxylic acids is 2. The first-order valence-electron chi connectivity index (χ1n) is 5.48. The van der Waals surface area contributed by atoms with E-state index in [-0.39, 0.29) is 24.2 Å². The standard InChI is InChI=1S/C13H20O3/c1-6-8-11(9(3)4)12(10(5)14)13(15)16-7-2/h8-9,11-12H,1,7H2,2-5H3. The van der Waals surface area contributed by atoms with Crippen LogP contribution in [0.25, 0.3) is 0 Å². The molecule has 0 fully saturated rings. The van der Waals surface area contributed by atoms with Crippen molar-refractivity contribution < 1.29 is 14.3 Å². The van der Waals surface area contributed by atoms with Gasteiger partial charge in [-0.3, -0.25) is 9.59 Å². The summed E-state index contributed by atoms with van der Waals surface area (Å²) in [6, 6.07) is 0. The molecule has 0 rings (SSSR count). The van der Waals surface area contributed by atoms with Crippen molar-refractivity contribution in [2.45, 2.75) is 27.7 Å². The molecule has 0 amide bonds. The number of carbonyl (C=O) groups is 2. The normalized spacial score (nSPS) is 13.8. The average molecular weight is 224 g/mol. The molecule has 16 heavy (non-hydrogen) atoms. The van der Waals surface area contributed by atoms with Crippen LogP contribution in [0.1, 0.15) is 27.7 Å². The molecule has 0 aliphatic rings. The summed E-state index contributed by atoms with van der Waals surface area (Å²) in [7, 11) is 0. The predicted octanol–water partition coefficient (Wildman–Crippen LogP) is 2.37. The summed E-state index contributed by atoms with van der Waals surface area (Å²) in [5, 5.41) is 0. The maximum Gasteiger partial charge on any atom is 0.317 e. The molecule has 0 radical (unpaired) electrons. The summed E-state index contributed by atoms with van der Waals surface area (Å²) in [5.74, 6) is -1.42. The Morgan fingerprint density at radius 1 is 1.44 bits per heavy atom. The molecule has 0 saturated carbocycles. The van der Waals surface area contributed by atoms with Crippen molar-refractivity contribution in [3.63, 3.8) is 0 Å². The zero-order valence-corrected chi connectivity index (χ0v) is 10.4. The maximum absolute atomic E-state index is 11.7. The first-order valence-corrected chi connectivity index (χ1v) is 5.48. The van der Waals surface area contributed by atoms with Crippen LogP contribution >= 0.6 is 0 Å². The molecular formula is C13H20O3. The largest absolute Gasteiger partial charge is 0.465 e. The average Bonchev–Trinajstić information content (AvgIpc) is 2.16. The van der Waals surface area contributed by atoms with Gasteiger partial charge >= 0.3 is 5.97 Å². The van der Waals surface area contributed by atoms with E-state index in [1.807, 2.05) is 13.8 Å². The van der Waals surface area contributed by atoms with Crippen LogP contribution < -0.4 is 0 Å². The fraction of sp³-hybridized carbons (Fsp3) is 0.615. The van der Waals surface area contributed by atoms with Crippen LogP contribution in [0.3, 0.4) is 0 Å². The van der Waals surface area contributed by atoms with Gasteiger partial charge in [0.1, 0.15) is 11.7 Å². The van der Waals surface area contributed by atoms with Gasteiger partial charge in [-0.1, -0.05) is 20.4 Å². The topological polar surface area (TPSA) is 43.4 Å². The molecule has 3 nitrogen and oxygen atoms in total. The third-order valence-corrected chi connectivity index (χ3v) is 2.44. The van der Waals surface area contributed by atoms with Crippen LogP contribution in [0.2, 0.25) is 0 Å². The minimum Gasteiger partial charge on any atom is -0.465 e. The summed E-state index contributed by atoms with van der Waals surface area (Å²) in [4.78, 5) is 23.2. The number of hydrogen-bond donors (Lipinski definition) is 0. The van der Waals surface area contributed by atoms with Crippen molar-refractivity contribution in [3.8, 4) is 0 Å². The molecular weight excluding hydrogens is 204 g/mol. The van der Waals surface area contributed by atoms with Crippen molar-refractivity contribution in [1.82, 2.24) is 0 Å². The lowest BCUT2D eigenvalue weighted by Crippen LogP contribution is -2.33. The Kier molecular flexibility index (Phi) is 6.43. The van der Waals surface area contributed by atoms with E-state index in [9.17, 15) is 9.59 Å². The van der Waals surface area contributed by atoms with Gasteiger partial charge in [-0.05, 0) is 25.8 Å². The Hall–Kier alpha value is -1.34. The van der Waals surface area contributed by atoms with E-state index in [2.05, 4.69) is 12.3 Å². The van der Waals surface area contributed by atoms with Crippen LogP contribution in [0.15, 0.2) is 18.4 Å². The SMILES string of the molecule is C=C=CC(C(C)C)C(C(C)=O)C(=O)OCC. The Morgan fingerprint density at radius 3 is 2.31 bits per heavy atom. The lowest BCUT2D eigenvalue weighted by molar-refractivity contribution is -0.153. The van der Waals surface area contributed by atoms with Gasteiger partial charge in [-0.15, -0.1) is 5.73 Å². The minimum atomic E-state index is -0.741. The van der Waals surface area contributed by atoms with Crippen LogP contribution in [0.5, 0.6) is 0 Å². The van der Waals surface area contributed by atoms with E-state index in [0.717, 1.165) is 0 Å². The van der Waals surface area contributed by atoms with E-state index in [0.29, 0.717) is 0 Å². The molecule has 0 aromatic heterocycles. The lowest BCUT2D eigenvalue weighted by Gasteiger charge is -2.23. The zero-order chi connectivity index (χ0) is 12.7. The summed E-state index contributed by atoms with van der Waals surface area (Å²) < 4.78 is 4.91. The fourth-order valence-corrected chi connectivity index (χ4v) is 1.64. The first-order chi connectivity index (χ1) is 7.45. The second-order valence-corrected chi connectivity index (χ2v) is 4.03. The molecule has 3 heteroatoms. The van der Waals surface area contributed by atoms with Crippen LogP contribution in [-0.4, -0.2) is 18.4 Å². The summed E-state index contributed by atoms with van der Waals surface area (Å²) in [6.07, 6.45) is 1.67. The van der Waals surface area contributed by atoms with Gasteiger partial charge < -0.3 is 4.74 Å². The van der Waals surface area contributed by atoms with E-state index in [1.54, 1.807) is 13.0 Å². The molecule has 0 aliphatic carbocycles. The monoisotopic (exact) mass is 224 g/mol. The molecule has 2 atom stereocenters. The third kappa shape index (κ3) is 4.03. The molecule has 0 spiro atoms. The highest BCUT2D eigenvalue weighted by Gasteiger charge is 2.33. The van der Waals surface area contributed by atoms with E-state index in [4.69, 9.17) is 4.74 Å². The van der Waals surface area contributed by atoms with E-state index in [1.165, 1.54) is 6.92 Å². The number of ketones is 1. The quantitative estimate of drug-likeness (QED) is 0.395. The van der Waals surface area contributed by atoms with Crippen LogP contribution in [0.4, 0.5) is 0 Å². The van der Waals surface area contributed by atoms with Crippen molar-refractivity contribution in [3.05, 3.63) is 18.4 Å². The highest BCUT2D eigenvalue weighted by atomic mass is 16.5. The minimum absolute atomic E-state index is 0.160. The summed E-state index contributed by atoms with van der Waals surface area (Å²) in [5.41, 5.74) is 2.65. The Morgan fingerprint density at radius 2 is 2.00 bits per heavy atom. The van der Waals surface area contributed by atoms with Gasteiger partial charge in [0.25, 0.3) is 0 Å². The zero-order valence-electron chi connectivity index (χ0n) is 10.4. The number of hydrogen-bond acceptors (Lipinski definition) is 3. The van der Waals surface area contributed by atoms with Gasteiger partial charge in [0, 0.05) is 5.92 Å². The number of rotatable bonds is 6. The lowest BCUT2D eigenvalue weighted by atomic mass is 9.81. The highest BCUT2D eigenvalue weighted by molar-refractivity contribution is 5.98. The Labute approximate surface area is 97.2 Å². The number of Topliss-reactive ketones (excluding diaryl/α,β-unsaturated/α-hetero) is 1. The van der Waals surface area contributed by atoms with Gasteiger partial charge in [0.15, 0.2) is 0 Å². The second-order valence-electron chi connectivity index (χ2n) is 4.03. The van der Waals surface area contributed by atoms with Gasteiger partial charge in [0.05, 0.1) is 6.61 Å². The maximum atomic E-state index is 11.7. The van der Waals surface area contributed by atoms with Crippen molar-refractivity contribution in [2.75, 3.05) is 6.61 Å². The molecule has 0 heterocycles. The van der Waals surface area contributed by atoms with E-state index >= 15 is 0 Å². The Bertz CT molecular complexity index is 298. The molecule has 0 aliphatic heterocycles. The molecule has 0 bridgehead atoms. The van der Waals surface area contributed by atoms with Crippen molar-refractivity contribution >= 4 is 11.8 Å². The Balaban J connectivity index is 5.06. The van der Waals surface area contributed by atoms with Gasteiger partial charge in [-0.2, -0.15) is 0 Å². The number of esters is 1. The second kappa shape index (κ2) is 7.02. The summed E-state index contributed by atoms with van der Waals surface area (Å²) in [6.45, 7) is 10.8. The molecule has 0 aromatic carbocycles. The number of allylic oxidation sites excluding steroid dienone is 1. The summed E-state index contributed by atoms with van der Waals surface area (Å²) >= 11 is 0. The molecule has 0 aromatic rings. The molecule has 0 N–H and O–H groups in total. The number of ether oxygens (including phenoxy) is 1. The van der Waals surface area contributed by atoms with Crippen LogP contribution in [0, 0.1) is 17.8 Å². The fourth-order valence-electron chi connectivity index (χ4n) is 1.64. The molecule has 0 saturated heterocycles. The smallest absolute Gasteiger partial charge is 0.317 e. The van der Waals surface area contributed by atoms with Gasteiger partial charge in [0.2, 0.25) is 0 Å². The molecule has 2 unspecified atom stereocenters. The van der Waals surface area contributed by atoms with Crippen LogP contribution in [-0.2, 0) is 14.3 Å².